The number of benzene rings is 2. The summed E-state index contributed by atoms with van der Waals surface area (Å²) in [7, 11) is 0. The summed E-state index contributed by atoms with van der Waals surface area (Å²) in [5, 5.41) is 12.6. The van der Waals surface area contributed by atoms with Crippen LogP contribution in [0.3, 0.4) is 0 Å². The van der Waals surface area contributed by atoms with Gasteiger partial charge in [-0.3, -0.25) is 0 Å². The van der Waals surface area contributed by atoms with E-state index in [0.29, 0.717) is 6.54 Å². The van der Waals surface area contributed by atoms with Crippen LogP contribution in [0.1, 0.15) is 11.1 Å². The van der Waals surface area contributed by atoms with Gasteiger partial charge in [-0.05, 0) is 48.9 Å². The lowest BCUT2D eigenvalue weighted by molar-refractivity contribution is 0.294. The molecule has 2 rings (SSSR count). The highest BCUT2D eigenvalue weighted by molar-refractivity contribution is 5.79. The molecule has 2 aromatic rings. The molecule has 20 heavy (non-hydrogen) atoms. The number of aryl methyl sites for hydroxylation is 1. The van der Waals surface area contributed by atoms with Crippen LogP contribution < -0.4 is 10.2 Å². The zero-order chi connectivity index (χ0) is 14.2. The number of aliphatic hydroxyl groups excluding tert-OH is 1. The van der Waals surface area contributed by atoms with Crippen molar-refractivity contribution in [1.82, 2.24) is 5.43 Å². The number of nitrogens with one attached hydrogen (secondary N) is 1. The zero-order valence-electron chi connectivity index (χ0n) is 11.4. The highest BCUT2D eigenvalue weighted by atomic mass is 16.5. The van der Waals surface area contributed by atoms with Gasteiger partial charge in [0.25, 0.3) is 0 Å². The van der Waals surface area contributed by atoms with Gasteiger partial charge in [-0.25, -0.2) is 0 Å². The van der Waals surface area contributed by atoms with Crippen LogP contribution in [0, 0.1) is 6.92 Å². The smallest absolute Gasteiger partial charge is 0.127 e. The van der Waals surface area contributed by atoms with E-state index in [1.807, 2.05) is 55.5 Å². The summed E-state index contributed by atoms with van der Waals surface area (Å²) in [6.45, 7) is 2.56. The molecule has 104 valence electrons. The van der Waals surface area contributed by atoms with Crippen molar-refractivity contribution < 1.29 is 9.84 Å². The fraction of sp³-hybridized carbons (Fsp3) is 0.188. The quantitative estimate of drug-likeness (QED) is 0.482. The Morgan fingerprint density at radius 1 is 1.05 bits per heavy atom. The Labute approximate surface area is 118 Å². The molecule has 0 fully saturated rings. The molecule has 0 saturated heterocycles. The fourth-order valence-electron chi connectivity index (χ4n) is 1.60. The molecule has 0 aliphatic carbocycles. The van der Waals surface area contributed by atoms with Crippen molar-refractivity contribution in [3.05, 3.63) is 59.7 Å². The van der Waals surface area contributed by atoms with E-state index >= 15 is 0 Å². The average molecular weight is 270 g/mol. The lowest BCUT2D eigenvalue weighted by Gasteiger charge is -2.06. The normalized spacial score (nSPS) is 10.7. The molecule has 0 spiro atoms. The van der Waals surface area contributed by atoms with Crippen molar-refractivity contribution >= 4 is 6.21 Å². The summed E-state index contributed by atoms with van der Waals surface area (Å²) >= 11 is 0. The maximum absolute atomic E-state index is 8.60. The molecule has 0 heterocycles. The molecule has 0 aliphatic rings. The predicted molar refractivity (Wildman–Crippen MR) is 80.4 cm³/mol. The Balaban J connectivity index is 1.94. The van der Waals surface area contributed by atoms with Crippen LogP contribution >= 0.6 is 0 Å². The second kappa shape index (κ2) is 7.31. The second-order valence-corrected chi connectivity index (χ2v) is 4.37. The largest absolute Gasteiger partial charge is 0.457 e. The van der Waals surface area contributed by atoms with E-state index in [1.54, 1.807) is 6.21 Å². The van der Waals surface area contributed by atoms with Gasteiger partial charge >= 0.3 is 0 Å². The summed E-state index contributed by atoms with van der Waals surface area (Å²) in [6.07, 6.45) is 1.70. The minimum atomic E-state index is 0.0701. The predicted octanol–water partition coefficient (Wildman–Crippen LogP) is 2.70. The number of aliphatic hydroxyl groups is 1. The summed E-state index contributed by atoms with van der Waals surface area (Å²) < 4.78 is 5.74. The van der Waals surface area contributed by atoms with Crippen LogP contribution in [0.15, 0.2) is 53.6 Å². The molecule has 0 aromatic heterocycles. The molecule has 0 amide bonds. The Morgan fingerprint density at radius 3 is 2.25 bits per heavy atom. The SMILES string of the molecule is Cc1ccc(Oc2ccc(C=NNCCO)cc2)cc1. The van der Waals surface area contributed by atoms with Gasteiger partial charge in [-0.2, -0.15) is 5.10 Å². The lowest BCUT2D eigenvalue weighted by atomic mass is 10.2. The van der Waals surface area contributed by atoms with E-state index in [-0.39, 0.29) is 6.61 Å². The van der Waals surface area contributed by atoms with Gasteiger partial charge in [0.1, 0.15) is 11.5 Å². The highest BCUT2D eigenvalue weighted by Gasteiger charge is 1.97. The summed E-state index contributed by atoms with van der Waals surface area (Å²) in [5.41, 5.74) is 4.90. The Bertz CT molecular complexity index is 548. The van der Waals surface area contributed by atoms with E-state index in [2.05, 4.69) is 10.5 Å². The second-order valence-electron chi connectivity index (χ2n) is 4.37. The van der Waals surface area contributed by atoms with Crippen molar-refractivity contribution in [3.63, 3.8) is 0 Å². The van der Waals surface area contributed by atoms with Crippen molar-refractivity contribution in [3.8, 4) is 11.5 Å². The molecular formula is C16H18N2O2. The van der Waals surface area contributed by atoms with Crippen molar-refractivity contribution in [2.24, 2.45) is 5.10 Å². The van der Waals surface area contributed by atoms with Crippen LogP contribution in [0.4, 0.5) is 0 Å². The van der Waals surface area contributed by atoms with E-state index in [9.17, 15) is 0 Å². The van der Waals surface area contributed by atoms with Gasteiger partial charge in [0.2, 0.25) is 0 Å². The molecule has 0 atom stereocenters. The first kappa shape index (κ1) is 14.1. The Kier molecular flexibility index (Phi) is 5.15. The van der Waals surface area contributed by atoms with Crippen LogP contribution in [0.25, 0.3) is 0 Å². The molecule has 0 radical (unpaired) electrons. The van der Waals surface area contributed by atoms with Crippen LogP contribution in [0.5, 0.6) is 11.5 Å². The van der Waals surface area contributed by atoms with Crippen LogP contribution in [-0.2, 0) is 0 Å². The highest BCUT2D eigenvalue weighted by Crippen LogP contribution is 2.21. The third kappa shape index (κ3) is 4.40. The van der Waals surface area contributed by atoms with E-state index in [4.69, 9.17) is 9.84 Å². The lowest BCUT2D eigenvalue weighted by Crippen LogP contribution is -2.11. The Morgan fingerprint density at radius 2 is 1.65 bits per heavy atom. The molecule has 0 saturated carbocycles. The molecule has 0 bridgehead atoms. The van der Waals surface area contributed by atoms with E-state index in [0.717, 1.165) is 17.1 Å². The van der Waals surface area contributed by atoms with Gasteiger partial charge < -0.3 is 15.3 Å². The van der Waals surface area contributed by atoms with Crippen molar-refractivity contribution in [2.75, 3.05) is 13.2 Å². The molecule has 0 aliphatic heterocycles. The van der Waals surface area contributed by atoms with Crippen molar-refractivity contribution in [2.45, 2.75) is 6.92 Å². The first-order valence-corrected chi connectivity index (χ1v) is 6.49. The molecule has 4 nitrogen and oxygen atoms in total. The third-order valence-corrected chi connectivity index (χ3v) is 2.67. The monoisotopic (exact) mass is 270 g/mol. The van der Waals surface area contributed by atoms with Gasteiger partial charge in [0.05, 0.1) is 19.4 Å². The van der Waals surface area contributed by atoms with Gasteiger partial charge in [0, 0.05) is 0 Å². The number of rotatable bonds is 6. The summed E-state index contributed by atoms with van der Waals surface area (Å²) in [4.78, 5) is 0. The maximum Gasteiger partial charge on any atom is 0.127 e. The molecule has 4 heteroatoms. The van der Waals surface area contributed by atoms with Gasteiger partial charge in [-0.1, -0.05) is 17.7 Å². The van der Waals surface area contributed by atoms with E-state index in [1.165, 1.54) is 5.56 Å². The van der Waals surface area contributed by atoms with Gasteiger partial charge in [-0.15, -0.1) is 0 Å². The number of ether oxygens (including phenoxy) is 1. The summed E-state index contributed by atoms with van der Waals surface area (Å²) in [5.74, 6) is 1.61. The standard InChI is InChI=1S/C16H18N2O2/c1-13-2-6-15(7-3-13)20-16-8-4-14(5-9-16)12-18-17-10-11-19/h2-9,12,17,19H,10-11H2,1H3. The van der Waals surface area contributed by atoms with Crippen LogP contribution in [0.2, 0.25) is 0 Å². The average Bonchev–Trinajstić information content (AvgIpc) is 2.48. The first-order valence-electron chi connectivity index (χ1n) is 6.49. The Hall–Kier alpha value is -2.33. The minimum Gasteiger partial charge on any atom is -0.457 e. The van der Waals surface area contributed by atoms with Crippen molar-refractivity contribution in [1.29, 1.82) is 0 Å². The molecule has 0 unspecified atom stereocenters. The van der Waals surface area contributed by atoms with E-state index < -0.39 is 0 Å². The number of hydrazone groups is 1. The third-order valence-electron chi connectivity index (χ3n) is 2.67. The number of nitrogens with zero attached hydrogens (tertiary/aromatic N) is 1. The number of hydrogen-bond acceptors (Lipinski definition) is 4. The minimum absolute atomic E-state index is 0.0701. The van der Waals surface area contributed by atoms with Gasteiger partial charge in [0.15, 0.2) is 0 Å². The molecule has 2 N–H and O–H groups in total. The number of hydrogen-bond donors (Lipinski definition) is 2. The zero-order valence-corrected chi connectivity index (χ0v) is 11.4. The molecule has 2 aromatic carbocycles. The summed E-state index contributed by atoms with van der Waals surface area (Å²) in [6, 6.07) is 15.6. The topological polar surface area (TPSA) is 53.8 Å². The maximum atomic E-state index is 8.60. The first-order chi connectivity index (χ1) is 9.78. The molecular weight excluding hydrogens is 252 g/mol. The fourth-order valence-corrected chi connectivity index (χ4v) is 1.60. The van der Waals surface area contributed by atoms with Crippen LogP contribution in [-0.4, -0.2) is 24.5 Å².